The van der Waals surface area contributed by atoms with Crippen molar-refractivity contribution in [3.05, 3.63) is 36.0 Å². The van der Waals surface area contributed by atoms with Gasteiger partial charge in [0.2, 0.25) is 5.91 Å². The van der Waals surface area contributed by atoms with Crippen LogP contribution in [0.15, 0.2) is 30.3 Å². The fourth-order valence-electron chi connectivity index (χ4n) is 3.89. The first kappa shape index (κ1) is 17.1. The molecule has 26 heavy (non-hydrogen) atoms. The number of hydrogen-bond donors (Lipinski definition) is 1. The van der Waals surface area contributed by atoms with E-state index in [1.165, 1.54) is 0 Å². The van der Waals surface area contributed by atoms with Crippen molar-refractivity contribution in [1.82, 2.24) is 14.8 Å². The minimum absolute atomic E-state index is 0.0548. The molecule has 1 N–H and O–H groups in total. The highest BCUT2D eigenvalue weighted by molar-refractivity contribution is 5.98. The lowest BCUT2D eigenvalue weighted by Gasteiger charge is -2.33. The number of benzene rings is 1. The minimum atomic E-state index is 0.0548. The van der Waals surface area contributed by atoms with Crippen molar-refractivity contribution in [1.29, 1.82) is 0 Å². The number of para-hydroxylation sites is 1. The molecule has 0 bridgehead atoms. The fraction of sp³-hybridized carbons (Fsp3) is 0.500. The zero-order valence-electron chi connectivity index (χ0n) is 14.9. The summed E-state index contributed by atoms with van der Waals surface area (Å²) in [5, 5.41) is 1.06. The standard InChI is InChI=1S/C20H25N3O3/c24-19(22-9-11-26-12-10-22)13-15-5-7-23(8-6-15)20(25)18-14-16-3-1-2-4-17(16)21-18/h1-4,14-15,21H,5-13H2. The number of rotatable bonds is 3. The Balaban J connectivity index is 1.31. The van der Waals surface area contributed by atoms with Crippen molar-refractivity contribution in [3.8, 4) is 0 Å². The van der Waals surface area contributed by atoms with Crippen molar-refractivity contribution in [2.24, 2.45) is 5.92 Å². The minimum Gasteiger partial charge on any atom is -0.378 e. The molecule has 2 aliphatic rings. The summed E-state index contributed by atoms with van der Waals surface area (Å²) in [6.45, 7) is 4.13. The van der Waals surface area contributed by atoms with Gasteiger partial charge in [0.15, 0.2) is 0 Å². The number of aromatic nitrogens is 1. The summed E-state index contributed by atoms with van der Waals surface area (Å²) in [6.07, 6.45) is 2.37. The molecular weight excluding hydrogens is 330 g/mol. The summed E-state index contributed by atoms with van der Waals surface area (Å²) in [4.78, 5) is 32.2. The molecule has 0 unspecified atom stereocenters. The van der Waals surface area contributed by atoms with Gasteiger partial charge in [0.05, 0.1) is 13.2 Å². The van der Waals surface area contributed by atoms with Crippen LogP contribution in [-0.4, -0.2) is 66.0 Å². The van der Waals surface area contributed by atoms with E-state index in [2.05, 4.69) is 4.98 Å². The first-order chi connectivity index (χ1) is 12.7. The molecule has 0 aliphatic carbocycles. The molecule has 1 aromatic heterocycles. The van der Waals surface area contributed by atoms with Crippen LogP contribution in [0.5, 0.6) is 0 Å². The second-order valence-electron chi connectivity index (χ2n) is 7.20. The number of fused-ring (bicyclic) bond motifs is 1. The van der Waals surface area contributed by atoms with Crippen molar-refractivity contribution < 1.29 is 14.3 Å². The average Bonchev–Trinajstić information content (AvgIpc) is 3.13. The third-order valence-corrected chi connectivity index (χ3v) is 5.49. The monoisotopic (exact) mass is 355 g/mol. The Kier molecular flexibility index (Phi) is 4.93. The van der Waals surface area contributed by atoms with E-state index < -0.39 is 0 Å². The number of hydrogen-bond acceptors (Lipinski definition) is 3. The number of nitrogens with zero attached hydrogens (tertiary/aromatic N) is 2. The third kappa shape index (κ3) is 3.60. The maximum absolute atomic E-state index is 12.8. The van der Waals surface area contributed by atoms with Crippen molar-refractivity contribution in [2.75, 3.05) is 39.4 Å². The molecule has 0 spiro atoms. The summed E-state index contributed by atoms with van der Waals surface area (Å²) < 4.78 is 5.30. The van der Waals surface area contributed by atoms with Crippen LogP contribution in [-0.2, 0) is 9.53 Å². The lowest BCUT2D eigenvalue weighted by atomic mass is 9.92. The number of H-pyrrole nitrogens is 1. The molecule has 2 fully saturated rings. The summed E-state index contributed by atoms with van der Waals surface area (Å²) >= 11 is 0. The van der Waals surface area contributed by atoms with Gasteiger partial charge in [-0.25, -0.2) is 0 Å². The molecule has 0 saturated carbocycles. The molecule has 3 heterocycles. The lowest BCUT2D eigenvalue weighted by Crippen LogP contribution is -2.43. The highest BCUT2D eigenvalue weighted by Gasteiger charge is 2.27. The van der Waals surface area contributed by atoms with Crippen molar-refractivity contribution >= 4 is 22.7 Å². The Morgan fingerprint density at radius 2 is 1.77 bits per heavy atom. The molecule has 6 nitrogen and oxygen atoms in total. The van der Waals surface area contributed by atoms with Crippen LogP contribution in [0, 0.1) is 5.92 Å². The van der Waals surface area contributed by atoms with E-state index in [1.807, 2.05) is 40.1 Å². The highest BCUT2D eigenvalue weighted by Crippen LogP contribution is 2.24. The molecule has 138 valence electrons. The molecule has 1 aromatic carbocycles. The van der Waals surface area contributed by atoms with Crippen LogP contribution >= 0.6 is 0 Å². The summed E-state index contributed by atoms with van der Waals surface area (Å²) in [6, 6.07) is 9.85. The Morgan fingerprint density at radius 3 is 2.50 bits per heavy atom. The van der Waals surface area contributed by atoms with Crippen LogP contribution in [0.3, 0.4) is 0 Å². The SMILES string of the molecule is O=C(CC1CCN(C(=O)c2cc3ccccc3[nH]2)CC1)N1CCOCC1. The van der Waals surface area contributed by atoms with Gasteiger partial charge in [0, 0.05) is 43.5 Å². The van der Waals surface area contributed by atoms with Crippen LogP contribution in [0.25, 0.3) is 10.9 Å². The Morgan fingerprint density at radius 1 is 1.04 bits per heavy atom. The van der Waals surface area contributed by atoms with E-state index in [4.69, 9.17) is 4.74 Å². The number of likely N-dealkylation sites (tertiary alicyclic amines) is 1. The molecule has 6 heteroatoms. The van der Waals surface area contributed by atoms with Crippen molar-refractivity contribution in [2.45, 2.75) is 19.3 Å². The van der Waals surface area contributed by atoms with Gasteiger partial charge in [0.1, 0.15) is 5.69 Å². The Bertz CT molecular complexity index is 753. The number of aromatic amines is 1. The maximum atomic E-state index is 12.8. The van der Waals surface area contributed by atoms with Gasteiger partial charge in [-0.2, -0.15) is 0 Å². The van der Waals surface area contributed by atoms with E-state index in [9.17, 15) is 9.59 Å². The first-order valence-electron chi connectivity index (χ1n) is 9.43. The molecule has 2 saturated heterocycles. The normalized spacial score (nSPS) is 19.1. The second-order valence-corrected chi connectivity index (χ2v) is 7.20. The highest BCUT2D eigenvalue weighted by atomic mass is 16.5. The van der Waals surface area contributed by atoms with Gasteiger partial charge in [-0.3, -0.25) is 9.59 Å². The Labute approximate surface area is 153 Å². The molecule has 4 rings (SSSR count). The van der Waals surface area contributed by atoms with E-state index >= 15 is 0 Å². The van der Waals surface area contributed by atoms with Crippen LogP contribution < -0.4 is 0 Å². The maximum Gasteiger partial charge on any atom is 0.270 e. The van der Waals surface area contributed by atoms with Crippen molar-refractivity contribution in [3.63, 3.8) is 0 Å². The average molecular weight is 355 g/mol. The molecule has 2 aliphatic heterocycles. The van der Waals surface area contributed by atoms with E-state index in [0.717, 1.165) is 36.8 Å². The lowest BCUT2D eigenvalue weighted by molar-refractivity contribution is -0.136. The van der Waals surface area contributed by atoms with Gasteiger partial charge in [-0.15, -0.1) is 0 Å². The summed E-state index contributed by atoms with van der Waals surface area (Å²) in [7, 11) is 0. The number of piperidine rings is 1. The van der Waals surface area contributed by atoms with E-state index in [0.29, 0.717) is 44.3 Å². The zero-order chi connectivity index (χ0) is 17.9. The summed E-state index contributed by atoms with van der Waals surface area (Å²) in [5.74, 6) is 0.657. The topological polar surface area (TPSA) is 65.6 Å². The van der Waals surface area contributed by atoms with Gasteiger partial charge >= 0.3 is 0 Å². The molecule has 0 atom stereocenters. The largest absolute Gasteiger partial charge is 0.378 e. The van der Waals surface area contributed by atoms with Crippen LogP contribution in [0.1, 0.15) is 29.8 Å². The van der Waals surface area contributed by atoms with Crippen LogP contribution in [0.4, 0.5) is 0 Å². The van der Waals surface area contributed by atoms with E-state index in [1.54, 1.807) is 0 Å². The van der Waals surface area contributed by atoms with Gasteiger partial charge < -0.3 is 19.5 Å². The van der Waals surface area contributed by atoms with Gasteiger partial charge in [-0.05, 0) is 30.9 Å². The van der Waals surface area contributed by atoms with E-state index in [-0.39, 0.29) is 11.8 Å². The molecule has 2 amide bonds. The predicted molar refractivity (Wildman–Crippen MR) is 98.9 cm³/mol. The Hall–Kier alpha value is -2.34. The number of nitrogens with one attached hydrogen (secondary N) is 1. The zero-order valence-corrected chi connectivity index (χ0v) is 14.9. The third-order valence-electron chi connectivity index (χ3n) is 5.49. The number of ether oxygens (including phenoxy) is 1. The molecule has 0 radical (unpaired) electrons. The second kappa shape index (κ2) is 7.50. The van der Waals surface area contributed by atoms with Crippen LogP contribution in [0.2, 0.25) is 0 Å². The fourth-order valence-corrected chi connectivity index (χ4v) is 3.89. The quantitative estimate of drug-likeness (QED) is 0.918. The number of carbonyl (C=O) groups is 2. The number of morpholine rings is 1. The number of amides is 2. The first-order valence-corrected chi connectivity index (χ1v) is 9.43. The van der Waals surface area contributed by atoms with Gasteiger partial charge in [-0.1, -0.05) is 18.2 Å². The molecule has 2 aromatic rings. The van der Waals surface area contributed by atoms with Gasteiger partial charge in [0.25, 0.3) is 5.91 Å². The number of carbonyl (C=O) groups excluding carboxylic acids is 2. The summed E-state index contributed by atoms with van der Waals surface area (Å²) in [5.41, 5.74) is 1.64. The smallest absolute Gasteiger partial charge is 0.270 e. The predicted octanol–water partition coefficient (Wildman–Crippen LogP) is 2.27. The molecular formula is C20H25N3O3.